The highest BCUT2D eigenvalue weighted by atomic mass is 16.5. The molecule has 0 rings (SSSR count). The molecule has 0 aromatic heterocycles. The summed E-state index contributed by atoms with van der Waals surface area (Å²) in [6.07, 6.45) is 13.7. The van der Waals surface area contributed by atoms with Crippen LogP contribution in [0.25, 0.3) is 0 Å². The summed E-state index contributed by atoms with van der Waals surface area (Å²) in [5, 5.41) is 0. The Hall–Kier alpha value is -0.410. The van der Waals surface area contributed by atoms with E-state index in [9.17, 15) is 4.79 Å². The number of nitrogens with two attached hydrogens (primary N) is 1. The normalized spacial score (nSPS) is 10.8. The smallest absolute Gasteiger partial charge is 0.158 e. The molecule has 0 unspecified atom stereocenters. The molecule has 0 aliphatic heterocycles. The van der Waals surface area contributed by atoms with E-state index in [-0.39, 0.29) is 12.4 Å². The van der Waals surface area contributed by atoms with E-state index in [4.69, 9.17) is 10.5 Å². The SMILES string of the molecule is CCCCCCCCCCCCC(=O)COCCN. The third kappa shape index (κ3) is 15.5. The summed E-state index contributed by atoms with van der Waals surface area (Å²) in [7, 11) is 0. The van der Waals surface area contributed by atoms with Crippen LogP contribution in [0.4, 0.5) is 0 Å². The molecule has 3 nitrogen and oxygen atoms in total. The molecule has 3 heteroatoms. The molecule has 2 N–H and O–H groups in total. The summed E-state index contributed by atoms with van der Waals surface area (Å²) in [6, 6.07) is 0. The van der Waals surface area contributed by atoms with E-state index < -0.39 is 0 Å². The molecule has 0 aromatic rings. The average Bonchev–Trinajstić information content (AvgIpc) is 2.41. The van der Waals surface area contributed by atoms with Gasteiger partial charge in [0.1, 0.15) is 6.61 Å². The molecule has 0 amide bonds. The van der Waals surface area contributed by atoms with Crippen LogP contribution in [-0.4, -0.2) is 25.5 Å². The Kier molecular flexibility index (Phi) is 15.3. The Labute approximate surface area is 119 Å². The number of hydrogen-bond donors (Lipinski definition) is 1. The largest absolute Gasteiger partial charge is 0.372 e. The highest BCUT2D eigenvalue weighted by Gasteiger charge is 2.01. The standard InChI is InChI=1S/C16H33NO2/c1-2-3-4-5-6-7-8-9-10-11-12-16(18)15-19-14-13-17/h2-15,17H2,1H3. The lowest BCUT2D eigenvalue weighted by Gasteiger charge is -2.03. The highest BCUT2D eigenvalue weighted by molar-refractivity contribution is 5.79. The predicted molar refractivity (Wildman–Crippen MR) is 81.3 cm³/mol. The van der Waals surface area contributed by atoms with Crippen molar-refractivity contribution in [3.05, 3.63) is 0 Å². The van der Waals surface area contributed by atoms with Crippen LogP contribution in [0.15, 0.2) is 0 Å². The van der Waals surface area contributed by atoms with E-state index in [0.717, 1.165) is 6.42 Å². The zero-order valence-electron chi connectivity index (χ0n) is 12.8. The van der Waals surface area contributed by atoms with Crippen LogP contribution >= 0.6 is 0 Å². The summed E-state index contributed by atoms with van der Waals surface area (Å²) in [4.78, 5) is 11.4. The lowest BCUT2D eigenvalue weighted by molar-refractivity contribution is -0.123. The van der Waals surface area contributed by atoms with E-state index in [2.05, 4.69) is 6.92 Å². The van der Waals surface area contributed by atoms with Crippen molar-refractivity contribution in [1.29, 1.82) is 0 Å². The number of ether oxygens (including phenoxy) is 1. The van der Waals surface area contributed by atoms with Gasteiger partial charge in [0.05, 0.1) is 6.61 Å². The van der Waals surface area contributed by atoms with Crippen LogP contribution in [0.5, 0.6) is 0 Å². The van der Waals surface area contributed by atoms with Crippen molar-refractivity contribution in [1.82, 2.24) is 0 Å². The van der Waals surface area contributed by atoms with Gasteiger partial charge in [0.2, 0.25) is 0 Å². The topological polar surface area (TPSA) is 52.3 Å². The maximum absolute atomic E-state index is 11.4. The first-order chi connectivity index (χ1) is 9.31. The van der Waals surface area contributed by atoms with Gasteiger partial charge in [-0.1, -0.05) is 64.7 Å². The van der Waals surface area contributed by atoms with E-state index in [1.54, 1.807) is 0 Å². The van der Waals surface area contributed by atoms with Gasteiger partial charge in [-0.25, -0.2) is 0 Å². The van der Waals surface area contributed by atoms with Crippen molar-refractivity contribution < 1.29 is 9.53 Å². The molecule has 0 fully saturated rings. The Morgan fingerprint density at radius 3 is 1.95 bits per heavy atom. The molecule has 19 heavy (non-hydrogen) atoms. The maximum Gasteiger partial charge on any atom is 0.158 e. The first-order valence-electron chi connectivity index (χ1n) is 8.10. The van der Waals surface area contributed by atoms with Crippen LogP contribution in [0, 0.1) is 0 Å². The van der Waals surface area contributed by atoms with Crippen LogP contribution in [0.3, 0.4) is 0 Å². The fourth-order valence-electron chi connectivity index (χ4n) is 2.15. The van der Waals surface area contributed by atoms with Gasteiger partial charge in [0.15, 0.2) is 5.78 Å². The molecule has 0 aliphatic rings. The monoisotopic (exact) mass is 271 g/mol. The van der Waals surface area contributed by atoms with Crippen LogP contribution in [0.2, 0.25) is 0 Å². The van der Waals surface area contributed by atoms with Gasteiger partial charge in [-0.2, -0.15) is 0 Å². The second-order valence-corrected chi connectivity index (χ2v) is 5.31. The summed E-state index contributed by atoms with van der Waals surface area (Å²) in [6.45, 7) is 3.48. The van der Waals surface area contributed by atoms with Crippen molar-refractivity contribution >= 4 is 5.78 Å². The van der Waals surface area contributed by atoms with Gasteiger partial charge in [0, 0.05) is 13.0 Å². The zero-order chi connectivity index (χ0) is 14.2. The number of hydrogen-bond acceptors (Lipinski definition) is 3. The number of carbonyl (C=O) groups excluding carboxylic acids is 1. The molecule has 0 saturated carbocycles. The summed E-state index contributed by atoms with van der Waals surface area (Å²) in [5.74, 6) is 0.216. The fraction of sp³-hybridized carbons (Fsp3) is 0.938. The summed E-state index contributed by atoms with van der Waals surface area (Å²) < 4.78 is 5.11. The van der Waals surface area contributed by atoms with Crippen molar-refractivity contribution in [2.45, 2.75) is 77.6 Å². The van der Waals surface area contributed by atoms with Crippen molar-refractivity contribution in [3.8, 4) is 0 Å². The van der Waals surface area contributed by atoms with Gasteiger partial charge < -0.3 is 10.5 Å². The molecule has 0 atom stereocenters. The minimum atomic E-state index is 0.216. The van der Waals surface area contributed by atoms with Crippen LogP contribution in [0.1, 0.15) is 77.6 Å². The number of ketones is 1. The summed E-state index contributed by atoms with van der Waals surface area (Å²) in [5.41, 5.74) is 5.28. The molecule has 0 aromatic carbocycles. The van der Waals surface area contributed by atoms with Gasteiger partial charge in [-0.05, 0) is 6.42 Å². The number of Topliss-reactive ketones (excluding diaryl/α,β-unsaturated/α-hetero) is 1. The van der Waals surface area contributed by atoms with Gasteiger partial charge in [0.25, 0.3) is 0 Å². The zero-order valence-corrected chi connectivity index (χ0v) is 12.8. The summed E-state index contributed by atoms with van der Waals surface area (Å²) >= 11 is 0. The molecule has 0 heterocycles. The Morgan fingerprint density at radius 1 is 0.895 bits per heavy atom. The van der Waals surface area contributed by atoms with E-state index >= 15 is 0 Å². The molecule has 0 radical (unpaired) electrons. The molecule has 114 valence electrons. The van der Waals surface area contributed by atoms with Crippen molar-refractivity contribution in [2.24, 2.45) is 5.73 Å². The third-order valence-electron chi connectivity index (χ3n) is 3.33. The molecule has 0 saturated heterocycles. The Bertz CT molecular complexity index is 195. The van der Waals surface area contributed by atoms with E-state index in [1.807, 2.05) is 0 Å². The molecule has 0 bridgehead atoms. The minimum Gasteiger partial charge on any atom is -0.372 e. The van der Waals surface area contributed by atoms with Gasteiger partial charge in [-0.15, -0.1) is 0 Å². The van der Waals surface area contributed by atoms with Gasteiger partial charge >= 0.3 is 0 Å². The maximum atomic E-state index is 11.4. The Morgan fingerprint density at radius 2 is 1.42 bits per heavy atom. The first kappa shape index (κ1) is 18.6. The van der Waals surface area contributed by atoms with E-state index in [1.165, 1.54) is 57.8 Å². The Balaban J connectivity index is 3.07. The van der Waals surface area contributed by atoms with Crippen LogP contribution in [-0.2, 0) is 9.53 Å². The fourth-order valence-corrected chi connectivity index (χ4v) is 2.15. The lowest BCUT2D eigenvalue weighted by Crippen LogP contribution is -2.14. The van der Waals surface area contributed by atoms with Crippen LogP contribution < -0.4 is 5.73 Å². The third-order valence-corrected chi connectivity index (χ3v) is 3.33. The molecular formula is C16H33NO2. The predicted octanol–water partition coefficient (Wildman–Crippen LogP) is 3.84. The van der Waals surface area contributed by atoms with Crippen molar-refractivity contribution in [3.63, 3.8) is 0 Å². The molecule has 0 spiro atoms. The molecular weight excluding hydrogens is 238 g/mol. The highest BCUT2D eigenvalue weighted by Crippen LogP contribution is 2.11. The van der Waals surface area contributed by atoms with E-state index in [0.29, 0.717) is 19.6 Å². The number of carbonyl (C=O) groups is 1. The first-order valence-corrected chi connectivity index (χ1v) is 8.10. The minimum absolute atomic E-state index is 0.216. The molecule has 0 aliphatic carbocycles. The average molecular weight is 271 g/mol. The number of unbranched alkanes of at least 4 members (excludes halogenated alkanes) is 9. The quantitative estimate of drug-likeness (QED) is 0.460. The second kappa shape index (κ2) is 15.6. The van der Waals surface area contributed by atoms with Crippen molar-refractivity contribution in [2.75, 3.05) is 19.8 Å². The van der Waals surface area contributed by atoms with Gasteiger partial charge in [-0.3, -0.25) is 4.79 Å². The lowest BCUT2D eigenvalue weighted by atomic mass is 10.1. The second-order valence-electron chi connectivity index (χ2n) is 5.31. The number of rotatable bonds is 15.